The molecule has 1 aromatic carbocycles. The highest BCUT2D eigenvalue weighted by Crippen LogP contribution is 2.31. The van der Waals surface area contributed by atoms with Crippen LogP contribution < -0.4 is 10.6 Å². The highest BCUT2D eigenvalue weighted by molar-refractivity contribution is 8.00. The lowest BCUT2D eigenvalue weighted by molar-refractivity contribution is 0.618. The van der Waals surface area contributed by atoms with Gasteiger partial charge >= 0.3 is 0 Å². The summed E-state index contributed by atoms with van der Waals surface area (Å²) in [6.07, 6.45) is 1.17. The molecule has 0 amide bonds. The van der Waals surface area contributed by atoms with Gasteiger partial charge in [-0.05, 0) is 31.0 Å². The van der Waals surface area contributed by atoms with Crippen molar-refractivity contribution >= 4 is 23.1 Å². The molecule has 1 aliphatic heterocycles. The van der Waals surface area contributed by atoms with Crippen molar-refractivity contribution < 1.29 is 4.39 Å². The molecular weight excluding hydrogens is 235 g/mol. The molecule has 1 aliphatic rings. The summed E-state index contributed by atoms with van der Waals surface area (Å²) in [4.78, 5) is 2.28. The van der Waals surface area contributed by atoms with E-state index in [-0.39, 0.29) is 5.82 Å². The number of nitrogens with two attached hydrogens (primary N) is 1. The average molecular weight is 254 g/mol. The van der Waals surface area contributed by atoms with Crippen LogP contribution in [-0.4, -0.2) is 24.1 Å². The number of nitrogens with zero attached hydrogens (tertiary/aromatic N) is 1. The number of rotatable bonds is 2. The van der Waals surface area contributed by atoms with Crippen LogP contribution in [0.15, 0.2) is 12.1 Å². The number of hydrogen-bond acceptors (Lipinski definition) is 3. The van der Waals surface area contributed by atoms with Crippen molar-refractivity contribution in [1.82, 2.24) is 0 Å². The molecule has 94 valence electrons. The lowest BCUT2D eigenvalue weighted by atomic mass is 10.1. The van der Waals surface area contributed by atoms with Crippen molar-refractivity contribution in [3.8, 4) is 0 Å². The van der Waals surface area contributed by atoms with Crippen molar-refractivity contribution in [2.75, 3.05) is 29.5 Å². The molecule has 1 heterocycles. The van der Waals surface area contributed by atoms with Gasteiger partial charge in [-0.25, -0.2) is 4.39 Å². The quantitative estimate of drug-likeness (QED) is 0.823. The zero-order chi connectivity index (χ0) is 12.4. The topological polar surface area (TPSA) is 29.3 Å². The molecule has 0 spiro atoms. The zero-order valence-corrected chi connectivity index (χ0v) is 11.2. The van der Waals surface area contributed by atoms with Crippen molar-refractivity contribution in [3.63, 3.8) is 0 Å². The van der Waals surface area contributed by atoms with E-state index in [1.54, 1.807) is 6.92 Å². The number of halogens is 1. The molecule has 0 saturated carbocycles. The predicted octanol–water partition coefficient (Wildman–Crippen LogP) is 3.05. The second-order valence-electron chi connectivity index (χ2n) is 4.51. The van der Waals surface area contributed by atoms with Crippen molar-refractivity contribution in [2.24, 2.45) is 0 Å². The molecule has 0 radical (unpaired) electrons. The maximum Gasteiger partial charge on any atom is 0.128 e. The molecule has 4 heteroatoms. The number of aryl methyl sites for hydroxylation is 1. The monoisotopic (exact) mass is 254 g/mol. The highest BCUT2D eigenvalue weighted by atomic mass is 32.2. The Morgan fingerprint density at radius 2 is 2.29 bits per heavy atom. The molecular formula is C13H19FN2S. The molecule has 0 bridgehead atoms. The minimum absolute atomic E-state index is 0.218. The van der Waals surface area contributed by atoms with Crippen LogP contribution in [0.5, 0.6) is 0 Å². The van der Waals surface area contributed by atoms with Gasteiger partial charge in [0.2, 0.25) is 0 Å². The van der Waals surface area contributed by atoms with Gasteiger partial charge in [0.1, 0.15) is 5.82 Å². The van der Waals surface area contributed by atoms with E-state index in [0.717, 1.165) is 24.5 Å². The fraction of sp³-hybridized carbons (Fsp3) is 0.538. The molecule has 2 rings (SSSR count). The van der Waals surface area contributed by atoms with Crippen molar-refractivity contribution in [2.45, 2.75) is 25.5 Å². The van der Waals surface area contributed by atoms with Crippen LogP contribution in [0.1, 0.15) is 18.9 Å². The van der Waals surface area contributed by atoms with E-state index < -0.39 is 0 Å². The Kier molecular flexibility index (Phi) is 3.82. The molecule has 2 N–H and O–H groups in total. The van der Waals surface area contributed by atoms with Gasteiger partial charge in [-0.2, -0.15) is 11.8 Å². The summed E-state index contributed by atoms with van der Waals surface area (Å²) < 4.78 is 13.4. The van der Waals surface area contributed by atoms with Crippen LogP contribution in [-0.2, 0) is 0 Å². The Bertz CT molecular complexity index is 409. The zero-order valence-electron chi connectivity index (χ0n) is 10.4. The third kappa shape index (κ3) is 2.68. The third-order valence-electron chi connectivity index (χ3n) is 3.24. The van der Waals surface area contributed by atoms with E-state index in [9.17, 15) is 4.39 Å². The van der Waals surface area contributed by atoms with Crippen LogP contribution in [0.4, 0.5) is 15.8 Å². The Balaban J connectivity index is 2.24. The second kappa shape index (κ2) is 5.17. The molecule has 1 aromatic rings. The number of hydrogen-bond donors (Lipinski definition) is 1. The largest absolute Gasteiger partial charge is 0.397 e. The summed E-state index contributed by atoms with van der Waals surface area (Å²) >= 11 is 2.02. The summed E-state index contributed by atoms with van der Waals surface area (Å²) in [5, 5.41) is 0.661. The molecule has 1 saturated heterocycles. The van der Waals surface area contributed by atoms with Gasteiger partial charge in [-0.1, -0.05) is 6.92 Å². The molecule has 0 aliphatic carbocycles. The average Bonchev–Trinajstić information content (AvgIpc) is 2.34. The van der Waals surface area contributed by atoms with Gasteiger partial charge in [0, 0.05) is 24.1 Å². The third-order valence-corrected chi connectivity index (χ3v) is 4.61. The summed E-state index contributed by atoms with van der Waals surface area (Å²) in [5.74, 6) is 0.902. The first kappa shape index (κ1) is 12.6. The van der Waals surface area contributed by atoms with Crippen molar-refractivity contribution in [3.05, 3.63) is 23.5 Å². The normalized spacial score (nSPS) is 20.6. The molecule has 2 nitrogen and oxygen atoms in total. The Labute approximate surface area is 106 Å². The SMILES string of the molecule is CCC1CN(c2cc(C)c(F)cc2N)CCS1. The van der Waals surface area contributed by atoms with Crippen LogP contribution in [0, 0.1) is 12.7 Å². The number of benzene rings is 1. The van der Waals surface area contributed by atoms with Gasteiger partial charge in [-0.15, -0.1) is 0 Å². The lowest BCUT2D eigenvalue weighted by Gasteiger charge is -2.34. The van der Waals surface area contributed by atoms with Gasteiger partial charge < -0.3 is 10.6 Å². The van der Waals surface area contributed by atoms with Crippen LogP contribution in [0.25, 0.3) is 0 Å². The maximum absolute atomic E-state index is 13.4. The Morgan fingerprint density at radius 1 is 1.53 bits per heavy atom. The van der Waals surface area contributed by atoms with E-state index >= 15 is 0 Å². The van der Waals surface area contributed by atoms with E-state index in [1.165, 1.54) is 12.5 Å². The van der Waals surface area contributed by atoms with Gasteiger partial charge in [-0.3, -0.25) is 0 Å². The highest BCUT2D eigenvalue weighted by Gasteiger charge is 2.21. The first-order valence-electron chi connectivity index (χ1n) is 6.04. The van der Waals surface area contributed by atoms with Crippen molar-refractivity contribution in [1.29, 1.82) is 0 Å². The minimum Gasteiger partial charge on any atom is -0.397 e. The summed E-state index contributed by atoms with van der Waals surface area (Å²) in [5.41, 5.74) is 8.13. The van der Waals surface area contributed by atoms with Crippen LogP contribution >= 0.6 is 11.8 Å². The number of thioether (sulfide) groups is 1. The number of nitrogen functional groups attached to an aromatic ring is 1. The second-order valence-corrected chi connectivity index (χ2v) is 5.92. The van der Waals surface area contributed by atoms with E-state index in [4.69, 9.17) is 5.73 Å². The lowest BCUT2D eigenvalue weighted by Crippen LogP contribution is -2.38. The van der Waals surface area contributed by atoms with Gasteiger partial charge in [0.25, 0.3) is 0 Å². The van der Waals surface area contributed by atoms with Gasteiger partial charge in [0.15, 0.2) is 0 Å². The fourth-order valence-corrected chi connectivity index (χ4v) is 3.32. The van der Waals surface area contributed by atoms with E-state index in [2.05, 4.69) is 11.8 Å². The number of anilines is 2. The summed E-state index contributed by atoms with van der Waals surface area (Å²) in [6, 6.07) is 3.31. The minimum atomic E-state index is -0.218. The Hall–Kier alpha value is -0.900. The van der Waals surface area contributed by atoms with Crippen LogP contribution in [0.3, 0.4) is 0 Å². The van der Waals surface area contributed by atoms with Crippen LogP contribution in [0.2, 0.25) is 0 Å². The molecule has 1 fully saturated rings. The summed E-state index contributed by atoms with van der Waals surface area (Å²) in [6.45, 7) is 6.00. The van der Waals surface area contributed by atoms with E-state index in [1.807, 2.05) is 17.8 Å². The van der Waals surface area contributed by atoms with Gasteiger partial charge in [0.05, 0.1) is 11.4 Å². The molecule has 1 atom stereocenters. The molecule has 0 aromatic heterocycles. The molecule has 1 unspecified atom stereocenters. The first-order chi connectivity index (χ1) is 8.11. The fourth-order valence-electron chi connectivity index (χ4n) is 2.14. The predicted molar refractivity (Wildman–Crippen MR) is 74.3 cm³/mol. The first-order valence-corrected chi connectivity index (χ1v) is 7.09. The summed E-state index contributed by atoms with van der Waals surface area (Å²) in [7, 11) is 0. The maximum atomic E-state index is 13.4. The standard InChI is InChI=1S/C13H19FN2S/c1-3-10-8-16(4-5-17-10)13-6-9(2)11(14)7-12(13)15/h6-7,10H,3-5,8,15H2,1-2H3. The smallest absolute Gasteiger partial charge is 0.128 e. The molecule has 17 heavy (non-hydrogen) atoms. The Morgan fingerprint density at radius 3 is 3.00 bits per heavy atom. The van der Waals surface area contributed by atoms with E-state index in [0.29, 0.717) is 16.5 Å².